The molecule has 0 aliphatic carbocycles. The van der Waals surface area contributed by atoms with Crippen LogP contribution in [0.1, 0.15) is 11.1 Å². The molecule has 0 atom stereocenters. The van der Waals surface area contributed by atoms with Gasteiger partial charge >= 0.3 is 5.69 Å². The van der Waals surface area contributed by atoms with Crippen LogP contribution in [0.5, 0.6) is 0 Å². The first-order valence-electron chi connectivity index (χ1n) is 6.73. The van der Waals surface area contributed by atoms with Gasteiger partial charge in [0.25, 0.3) is 0 Å². The van der Waals surface area contributed by atoms with Crippen LogP contribution in [-0.2, 0) is 23.0 Å². The van der Waals surface area contributed by atoms with Gasteiger partial charge in [0.2, 0.25) is 0 Å². The lowest BCUT2D eigenvalue weighted by molar-refractivity contribution is -0.386. The predicted molar refractivity (Wildman–Crippen MR) is 85.9 cm³/mol. The van der Waals surface area contributed by atoms with Crippen molar-refractivity contribution in [2.45, 2.75) is 18.0 Å². The minimum absolute atomic E-state index is 0.116. The largest absolute Gasteiger partial charge is 0.392 e. The highest BCUT2D eigenvalue weighted by Gasteiger charge is 2.25. The summed E-state index contributed by atoms with van der Waals surface area (Å²) in [6.45, 7) is 0.0775. The Bertz CT molecular complexity index is 834. The van der Waals surface area contributed by atoms with Crippen LogP contribution in [0.25, 0.3) is 0 Å². The molecule has 23 heavy (non-hydrogen) atoms. The maximum atomic E-state index is 11.7. The zero-order valence-corrected chi connectivity index (χ0v) is 13.2. The number of aliphatic hydroxyl groups is 1. The van der Waals surface area contributed by atoms with E-state index in [-0.39, 0.29) is 23.7 Å². The minimum atomic E-state index is -3.72. The van der Waals surface area contributed by atoms with Gasteiger partial charge in [-0.1, -0.05) is 30.3 Å². The summed E-state index contributed by atoms with van der Waals surface area (Å²) in [5.74, 6) is 0. The molecule has 8 heteroatoms. The van der Waals surface area contributed by atoms with Gasteiger partial charge in [0.15, 0.2) is 9.84 Å². The van der Waals surface area contributed by atoms with Crippen LogP contribution in [0.15, 0.2) is 47.4 Å². The van der Waals surface area contributed by atoms with Gasteiger partial charge in [-0.3, -0.25) is 10.1 Å². The van der Waals surface area contributed by atoms with E-state index in [1.54, 1.807) is 24.3 Å². The van der Waals surface area contributed by atoms with Gasteiger partial charge in [0.1, 0.15) is 10.6 Å². The lowest BCUT2D eigenvalue weighted by Gasteiger charge is -2.11. The topological polar surface area (TPSA) is 110 Å². The van der Waals surface area contributed by atoms with Crippen molar-refractivity contribution in [1.82, 2.24) is 0 Å². The van der Waals surface area contributed by atoms with E-state index in [0.29, 0.717) is 5.56 Å². The molecule has 0 saturated heterocycles. The van der Waals surface area contributed by atoms with Crippen molar-refractivity contribution in [1.29, 1.82) is 0 Å². The second kappa shape index (κ2) is 6.76. The third kappa shape index (κ3) is 3.85. The standard InChI is InChI=1S/C15H16N2O5S/c1-23(21,22)14-8-4-7-13(15(14)17(19)20)16-9-11-5-2-3-6-12(11)10-18/h2-8,16,18H,9-10H2,1H3. The first-order chi connectivity index (χ1) is 10.8. The molecule has 0 aliphatic heterocycles. The zero-order chi connectivity index (χ0) is 17.0. The highest BCUT2D eigenvalue weighted by Crippen LogP contribution is 2.32. The molecule has 0 fully saturated rings. The highest BCUT2D eigenvalue weighted by molar-refractivity contribution is 7.90. The molecule has 0 aromatic heterocycles. The molecular formula is C15H16N2O5S. The van der Waals surface area contributed by atoms with Crippen molar-refractivity contribution in [3.8, 4) is 0 Å². The van der Waals surface area contributed by atoms with Gasteiger partial charge in [0, 0.05) is 12.8 Å². The number of hydrogen-bond donors (Lipinski definition) is 2. The number of anilines is 1. The van der Waals surface area contributed by atoms with E-state index in [2.05, 4.69) is 5.32 Å². The van der Waals surface area contributed by atoms with E-state index >= 15 is 0 Å². The van der Waals surface area contributed by atoms with Crippen LogP contribution in [0, 0.1) is 10.1 Å². The van der Waals surface area contributed by atoms with E-state index in [0.717, 1.165) is 11.8 Å². The lowest BCUT2D eigenvalue weighted by atomic mass is 10.1. The Morgan fingerprint density at radius 3 is 2.35 bits per heavy atom. The van der Waals surface area contributed by atoms with Gasteiger partial charge in [0.05, 0.1) is 11.5 Å². The molecule has 122 valence electrons. The molecule has 0 amide bonds. The molecule has 0 bridgehead atoms. The SMILES string of the molecule is CS(=O)(=O)c1cccc(NCc2ccccc2CO)c1[N+](=O)[O-]. The number of benzene rings is 2. The molecule has 2 N–H and O–H groups in total. The number of para-hydroxylation sites is 1. The van der Waals surface area contributed by atoms with Crippen LogP contribution in [0.4, 0.5) is 11.4 Å². The van der Waals surface area contributed by atoms with Gasteiger partial charge in [-0.2, -0.15) is 0 Å². The van der Waals surface area contributed by atoms with Gasteiger partial charge in [-0.15, -0.1) is 0 Å². The average Bonchev–Trinajstić information content (AvgIpc) is 2.51. The molecule has 0 unspecified atom stereocenters. The summed E-state index contributed by atoms with van der Waals surface area (Å²) in [5, 5.41) is 23.5. The maximum absolute atomic E-state index is 11.7. The van der Waals surface area contributed by atoms with Crippen molar-refractivity contribution in [2.24, 2.45) is 0 Å². The number of nitrogens with one attached hydrogen (secondary N) is 1. The Morgan fingerprint density at radius 2 is 1.78 bits per heavy atom. The van der Waals surface area contributed by atoms with Gasteiger partial charge in [-0.25, -0.2) is 8.42 Å². The summed E-state index contributed by atoms with van der Waals surface area (Å²) < 4.78 is 23.4. The van der Waals surface area contributed by atoms with Gasteiger partial charge in [-0.05, 0) is 23.3 Å². The molecule has 7 nitrogen and oxygen atoms in total. The number of nitrogens with zero attached hydrogens (tertiary/aromatic N) is 1. The van der Waals surface area contributed by atoms with E-state index in [1.807, 2.05) is 0 Å². The molecule has 0 heterocycles. The quantitative estimate of drug-likeness (QED) is 0.617. The highest BCUT2D eigenvalue weighted by atomic mass is 32.2. The second-order valence-electron chi connectivity index (χ2n) is 4.96. The van der Waals surface area contributed by atoms with Crippen LogP contribution in [-0.4, -0.2) is 24.7 Å². The molecule has 2 aromatic rings. The number of nitro benzene ring substituents is 1. The van der Waals surface area contributed by atoms with E-state index < -0.39 is 20.4 Å². The number of nitro groups is 1. The lowest BCUT2D eigenvalue weighted by Crippen LogP contribution is -2.08. The number of sulfone groups is 1. The zero-order valence-electron chi connectivity index (χ0n) is 12.4. The Balaban J connectivity index is 2.39. The van der Waals surface area contributed by atoms with Crippen molar-refractivity contribution < 1.29 is 18.4 Å². The van der Waals surface area contributed by atoms with Crippen molar-refractivity contribution in [2.75, 3.05) is 11.6 Å². The molecule has 2 rings (SSSR count). The van der Waals surface area contributed by atoms with E-state index in [9.17, 15) is 23.6 Å². The second-order valence-corrected chi connectivity index (χ2v) is 6.95. The summed E-state index contributed by atoms with van der Waals surface area (Å²) in [7, 11) is -3.72. The van der Waals surface area contributed by atoms with Crippen LogP contribution >= 0.6 is 0 Å². The van der Waals surface area contributed by atoms with Crippen LogP contribution < -0.4 is 5.32 Å². The third-order valence-electron chi connectivity index (χ3n) is 3.34. The Labute approximate surface area is 133 Å². The fourth-order valence-electron chi connectivity index (χ4n) is 2.23. The van der Waals surface area contributed by atoms with Crippen molar-refractivity contribution in [3.05, 3.63) is 63.7 Å². The fourth-order valence-corrected chi connectivity index (χ4v) is 3.09. The normalized spacial score (nSPS) is 11.2. The third-order valence-corrected chi connectivity index (χ3v) is 4.47. The molecule has 0 spiro atoms. The fraction of sp³-hybridized carbons (Fsp3) is 0.200. The molecule has 2 aromatic carbocycles. The van der Waals surface area contributed by atoms with Crippen LogP contribution in [0.2, 0.25) is 0 Å². The summed E-state index contributed by atoms with van der Waals surface area (Å²) in [6, 6.07) is 11.2. The smallest absolute Gasteiger partial charge is 0.310 e. The van der Waals surface area contributed by atoms with E-state index in [4.69, 9.17) is 0 Å². The molecule has 0 radical (unpaired) electrons. The van der Waals surface area contributed by atoms with Crippen LogP contribution in [0.3, 0.4) is 0 Å². The summed E-state index contributed by atoms with van der Waals surface area (Å²) in [5.41, 5.74) is 1.11. The molecule has 0 saturated carbocycles. The van der Waals surface area contributed by atoms with Crippen molar-refractivity contribution in [3.63, 3.8) is 0 Å². The van der Waals surface area contributed by atoms with Gasteiger partial charge < -0.3 is 10.4 Å². The van der Waals surface area contributed by atoms with E-state index in [1.165, 1.54) is 18.2 Å². The molecule has 0 aliphatic rings. The Hall–Kier alpha value is -2.45. The average molecular weight is 336 g/mol. The number of rotatable bonds is 6. The maximum Gasteiger partial charge on any atom is 0.310 e. The Morgan fingerprint density at radius 1 is 1.13 bits per heavy atom. The minimum Gasteiger partial charge on any atom is -0.392 e. The summed E-state index contributed by atoms with van der Waals surface area (Å²) in [6.07, 6.45) is 0.931. The summed E-state index contributed by atoms with van der Waals surface area (Å²) in [4.78, 5) is 10.2. The number of aliphatic hydroxyl groups excluding tert-OH is 1. The predicted octanol–water partition coefficient (Wildman–Crippen LogP) is 2.10. The Kier molecular flexibility index (Phi) is 4.97. The monoisotopic (exact) mass is 336 g/mol. The number of hydrogen-bond acceptors (Lipinski definition) is 6. The first-order valence-corrected chi connectivity index (χ1v) is 8.62. The summed E-state index contributed by atoms with van der Waals surface area (Å²) >= 11 is 0. The molecular weight excluding hydrogens is 320 g/mol. The van der Waals surface area contributed by atoms with Crippen molar-refractivity contribution >= 4 is 21.2 Å². The first kappa shape index (κ1) is 16.9.